The summed E-state index contributed by atoms with van der Waals surface area (Å²) in [5.41, 5.74) is 6.15. The number of aromatic nitrogens is 1. The third-order valence-corrected chi connectivity index (χ3v) is 2.61. The van der Waals surface area contributed by atoms with Gasteiger partial charge in [-0.25, -0.2) is 4.39 Å². The molecule has 0 spiro atoms. The molecule has 2 rings (SSSR count). The molecular weight excluding hydrogens is 265 g/mol. The quantitative estimate of drug-likeness (QED) is 0.842. The van der Waals surface area contributed by atoms with Crippen LogP contribution in [0.4, 0.5) is 10.1 Å². The fourth-order valence-electron chi connectivity index (χ4n) is 1.48. The fraction of sp³-hybridized carbons (Fsp3) is 0. The van der Waals surface area contributed by atoms with E-state index in [1.807, 2.05) is 0 Å². The normalized spacial score (nSPS) is 9.95. The van der Waals surface area contributed by atoms with Crippen LogP contribution in [0.1, 0.15) is 16.1 Å². The van der Waals surface area contributed by atoms with E-state index in [1.54, 1.807) is 18.2 Å². The minimum Gasteiger partial charge on any atom is -0.389 e. The standard InChI is InChI=1S/C13H10FN3OS/c14-10-5-4-8(7-9(10)12(15)19)17-13(18)11-3-1-2-6-16-11/h1-7H,(H2,15,19)(H,17,18). The molecule has 96 valence electrons. The van der Waals surface area contributed by atoms with E-state index in [9.17, 15) is 9.18 Å². The molecule has 2 aromatic rings. The van der Waals surface area contributed by atoms with Crippen molar-refractivity contribution in [2.24, 2.45) is 5.73 Å². The van der Waals surface area contributed by atoms with Crippen LogP contribution in [-0.4, -0.2) is 15.9 Å². The summed E-state index contributed by atoms with van der Waals surface area (Å²) >= 11 is 4.73. The summed E-state index contributed by atoms with van der Waals surface area (Å²) < 4.78 is 13.4. The number of pyridine rings is 1. The summed E-state index contributed by atoms with van der Waals surface area (Å²) in [7, 11) is 0. The van der Waals surface area contributed by atoms with E-state index in [1.165, 1.54) is 24.4 Å². The molecule has 6 heteroatoms. The van der Waals surface area contributed by atoms with E-state index >= 15 is 0 Å². The van der Waals surface area contributed by atoms with E-state index in [0.29, 0.717) is 5.69 Å². The van der Waals surface area contributed by atoms with Crippen LogP contribution in [0.2, 0.25) is 0 Å². The molecule has 0 fully saturated rings. The molecule has 1 aromatic heterocycles. The van der Waals surface area contributed by atoms with Crippen molar-refractivity contribution in [3.63, 3.8) is 0 Å². The molecule has 0 radical (unpaired) electrons. The maximum Gasteiger partial charge on any atom is 0.274 e. The highest BCUT2D eigenvalue weighted by Crippen LogP contribution is 2.15. The second-order valence-corrected chi connectivity index (χ2v) is 4.17. The van der Waals surface area contributed by atoms with E-state index in [2.05, 4.69) is 10.3 Å². The van der Waals surface area contributed by atoms with Gasteiger partial charge < -0.3 is 11.1 Å². The number of nitrogens with zero attached hydrogens (tertiary/aromatic N) is 1. The molecular formula is C13H10FN3OS. The van der Waals surface area contributed by atoms with Crippen LogP contribution in [-0.2, 0) is 0 Å². The summed E-state index contributed by atoms with van der Waals surface area (Å²) in [6.07, 6.45) is 1.51. The van der Waals surface area contributed by atoms with Crippen LogP contribution >= 0.6 is 12.2 Å². The molecule has 3 N–H and O–H groups in total. The number of nitrogens with two attached hydrogens (primary N) is 1. The van der Waals surface area contributed by atoms with E-state index in [-0.39, 0.29) is 22.2 Å². The highest BCUT2D eigenvalue weighted by Gasteiger charge is 2.10. The van der Waals surface area contributed by atoms with Crippen LogP contribution in [0, 0.1) is 5.82 Å². The van der Waals surface area contributed by atoms with Gasteiger partial charge in [0.05, 0.1) is 0 Å². The zero-order chi connectivity index (χ0) is 13.8. The summed E-state index contributed by atoms with van der Waals surface area (Å²) in [6.45, 7) is 0. The molecule has 0 bridgehead atoms. The molecule has 0 saturated carbocycles. The maximum atomic E-state index is 13.4. The second kappa shape index (κ2) is 5.53. The lowest BCUT2D eigenvalue weighted by Gasteiger charge is -2.07. The number of hydrogen-bond acceptors (Lipinski definition) is 3. The minimum absolute atomic E-state index is 0.0635. The zero-order valence-corrected chi connectivity index (χ0v) is 10.6. The Kier molecular flexibility index (Phi) is 3.82. The number of carbonyl (C=O) groups is 1. The number of benzene rings is 1. The SMILES string of the molecule is NC(=S)c1cc(NC(=O)c2ccccn2)ccc1F. The first-order valence-corrected chi connectivity index (χ1v) is 5.80. The van der Waals surface area contributed by atoms with Gasteiger partial charge in [0.25, 0.3) is 5.91 Å². The van der Waals surface area contributed by atoms with Crippen molar-refractivity contribution in [2.45, 2.75) is 0 Å². The van der Waals surface area contributed by atoms with E-state index < -0.39 is 5.82 Å². The van der Waals surface area contributed by atoms with Crippen LogP contribution in [0.5, 0.6) is 0 Å². The van der Waals surface area contributed by atoms with Gasteiger partial charge in [0.2, 0.25) is 0 Å². The van der Waals surface area contributed by atoms with Gasteiger partial charge in [0.1, 0.15) is 16.5 Å². The van der Waals surface area contributed by atoms with Crippen LogP contribution in [0.15, 0.2) is 42.6 Å². The average Bonchev–Trinajstić information content (AvgIpc) is 2.41. The molecule has 4 nitrogen and oxygen atoms in total. The first-order valence-electron chi connectivity index (χ1n) is 5.39. The lowest BCUT2D eigenvalue weighted by Crippen LogP contribution is -2.16. The van der Waals surface area contributed by atoms with Gasteiger partial charge in [0.15, 0.2) is 0 Å². The first kappa shape index (κ1) is 13.1. The Morgan fingerprint density at radius 1 is 1.32 bits per heavy atom. The van der Waals surface area contributed by atoms with Gasteiger partial charge >= 0.3 is 0 Å². The van der Waals surface area contributed by atoms with E-state index in [0.717, 1.165) is 0 Å². The largest absolute Gasteiger partial charge is 0.389 e. The Morgan fingerprint density at radius 3 is 2.74 bits per heavy atom. The highest BCUT2D eigenvalue weighted by atomic mass is 32.1. The van der Waals surface area contributed by atoms with Crippen molar-refractivity contribution in [1.29, 1.82) is 0 Å². The minimum atomic E-state index is -0.525. The zero-order valence-electron chi connectivity index (χ0n) is 9.76. The summed E-state index contributed by atoms with van der Waals surface area (Å²) in [4.78, 5) is 15.7. The number of thiocarbonyl (C=S) groups is 1. The molecule has 0 atom stereocenters. The Morgan fingerprint density at radius 2 is 2.11 bits per heavy atom. The summed E-state index contributed by atoms with van der Waals surface area (Å²) in [5.74, 6) is -0.913. The molecule has 1 amide bonds. The third kappa shape index (κ3) is 3.11. The Bertz CT molecular complexity index is 631. The van der Waals surface area contributed by atoms with Crippen LogP contribution < -0.4 is 11.1 Å². The number of hydrogen-bond donors (Lipinski definition) is 2. The fourth-order valence-corrected chi connectivity index (χ4v) is 1.64. The van der Waals surface area contributed by atoms with Crippen molar-refractivity contribution < 1.29 is 9.18 Å². The number of amides is 1. The summed E-state index contributed by atoms with van der Waals surface area (Å²) in [5, 5.41) is 2.60. The number of nitrogens with one attached hydrogen (secondary N) is 1. The number of halogens is 1. The van der Waals surface area contributed by atoms with Gasteiger partial charge in [-0.3, -0.25) is 9.78 Å². The third-order valence-electron chi connectivity index (χ3n) is 2.39. The lowest BCUT2D eigenvalue weighted by molar-refractivity contribution is 0.102. The lowest BCUT2D eigenvalue weighted by atomic mass is 10.2. The number of carbonyl (C=O) groups excluding carboxylic acids is 1. The van der Waals surface area contributed by atoms with Gasteiger partial charge in [0, 0.05) is 17.4 Å². The molecule has 1 heterocycles. The van der Waals surface area contributed by atoms with Gasteiger partial charge in [-0.2, -0.15) is 0 Å². The second-order valence-electron chi connectivity index (χ2n) is 3.73. The van der Waals surface area contributed by atoms with Crippen molar-refractivity contribution >= 4 is 28.8 Å². The summed E-state index contributed by atoms with van der Waals surface area (Å²) in [6, 6.07) is 9.00. The molecule has 0 unspecified atom stereocenters. The maximum absolute atomic E-state index is 13.4. The highest BCUT2D eigenvalue weighted by molar-refractivity contribution is 7.80. The van der Waals surface area contributed by atoms with Crippen molar-refractivity contribution in [1.82, 2.24) is 4.98 Å². The monoisotopic (exact) mass is 275 g/mol. The van der Waals surface area contributed by atoms with Crippen LogP contribution in [0.25, 0.3) is 0 Å². The van der Waals surface area contributed by atoms with Crippen molar-refractivity contribution in [2.75, 3.05) is 5.32 Å². The van der Waals surface area contributed by atoms with E-state index in [4.69, 9.17) is 18.0 Å². The Balaban J connectivity index is 2.23. The Hall–Kier alpha value is -2.34. The molecule has 0 aliphatic heterocycles. The molecule has 0 saturated heterocycles. The van der Waals surface area contributed by atoms with Crippen molar-refractivity contribution in [3.05, 3.63) is 59.7 Å². The molecule has 19 heavy (non-hydrogen) atoms. The molecule has 1 aromatic carbocycles. The van der Waals surface area contributed by atoms with Crippen molar-refractivity contribution in [3.8, 4) is 0 Å². The van der Waals surface area contributed by atoms with Gasteiger partial charge in [-0.05, 0) is 30.3 Å². The predicted molar refractivity (Wildman–Crippen MR) is 74.5 cm³/mol. The van der Waals surface area contributed by atoms with Crippen LogP contribution in [0.3, 0.4) is 0 Å². The predicted octanol–water partition coefficient (Wildman–Crippen LogP) is 2.11. The van der Waals surface area contributed by atoms with Gasteiger partial charge in [-0.15, -0.1) is 0 Å². The molecule has 0 aliphatic rings. The molecule has 0 aliphatic carbocycles. The smallest absolute Gasteiger partial charge is 0.274 e. The number of anilines is 1. The average molecular weight is 275 g/mol. The topological polar surface area (TPSA) is 68.0 Å². The number of rotatable bonds is 3. The van der Waals surface area contributed by atoms with Gasteiger partial charge in [-0.1, -0.05) is 18.3 Å². The first-order chi connectivity index (χ1) is 9.08. The Labute approximate surface area is 114 Å².